The topological polar surface area (TPSA) is 61.9 Å². The van der Waals surface area contributed by atoms with Crippen LogP contribution in [0.1, 0.15) is 24.8 Å². The van der Waals surface area contributed by atoms with E-state index < -0.39 is 0 Å². The lowest BCUT2D eigenvalue weighted by Crippen LogP contribution is -2.28. The van der Waals surface area contributed by atoms with Crippen LogP contribution in [0, 0.1) is 5.92 Å². The van der Waals surface area contributed by atoms with E-state index in [9.17, 15) is 9.59 Å². The fraction of sp³-hybridized carbons (Fsp3) is 0.286. The Labute approximate surface area is 210 Å². The highest BCUT2D eigenvalue weighted by Crippen LogP contribution is 2.29. The Balaban J connectivity index is 1.14. The van der Waals surface area contributed by atoms with E-state index in [1.165, 1.54) is 18.5 Å². The summed E-state index contributed by atoms with van der Waals surface area (Å²) in [7, 11) is 0. The number of carbonyl (C=O) groups excluding carboxylic acids is 2. The van der Waals surface area contributed by atoms with Gasteiger partial charge in [-0.25, -0.2) is 0 Å². The van der Waals surface area contributed by atoms with E-state index in [4.69, 9.17) is 16.3 Å². The van der Waals surface area contributed by atoms with Gasteiger partial charge in [0.15, 0.2) is 0 Å². The van der Waals surface area contributed by atoms with Gasteiger partial charge in [0.25, 0.3) is 0 Å². The molecule has 2 aliphatic heterocycles. The van der Waals surface area contributed by atoms with Gasteiger partial charge in [-0.1, -0.05) is 23.7 Å². The molecule has 0 spiro atoms. The molecule has 0 aliphatic carbocycles. The Morgan fingerprint density at radius 3 is 2.26 bits per heavy atom. The van der Waals surface area contributed by atoms with E-state index in [1.807, 2.05) is 48.5 Å². The van der Waals surface area contributed by atoms with E-state index >= 15 is 0 Å². The van der Waals surface area contributed by atoms with Crippen LogP contribution in [-0.4, -0.2) is 31.4 Å². The predicted octanol–water partition coefficient (Wildman–Crippen LogP) is 5.51. The molecule has 2 heterocycles. The number of halogens is 1. The monoisotopic (exact) mass is 489 g/mol. The largest absolute Gasteiger partial charge is 0.489 e. The van der Waals surface area contributed by atoms with Gasteiger partial charge in [-0.15, -0.1) is 0 Å². The van der Waals surface area contributed by atoms with Gasteiger partial charge >= 0.3 is 0 Å². The van der Waals surface area contributed by atoms with Crippen LogP contribution < -0.4 is 19.9 Å². The lowest BCUT2D eigenvalue weighted by molar-refractivity contribution is -0.122. The van der Waals surface area contributed by atoms with Crippen molar-refractivity contribution in [3.63, 3.8) is 0 Å². The number of hydrogen-bond donors (Lipinski definition) is 1. The summed E-state index contributed by atoms with van der Waals surface area (Å²) < 4.78 is 5.80. The van der Waals surface area contributed by atoms with Gasteiger partial charge in [0.1, 0.15) is 12.4 Å². The number of benzene rings is 3. The van der Waals surface area contributed by atoms with Crippen LogP contribution in [0.2, 0.25) is 5.02 Å². The molecule has 0 bridgehead atoms. The normalized spacial score (nSPS) is 17.6. The van der Waals surface area contributed by atoms with Crippen molar-refractivity contribution >= 4 is 40.5 Å². The number of nitrogens with zero attached hydrogens (tertiary/aromatic N) is 2. The molecule has 180 valence electrons. The van der Waals surface area contributed by atoms with Crippen LogP contribution in [0.25, 0.3) is 0 Å². The van der Waals surface area contributed by atoms with Crippen LogP contribution in [0.3, 0.4) is 0 Å². The van der Waals surface area contributed by atoms with Gasteiger partial charge in [-0.2, -0.15) is 0 Å². The van der Waals surface area contributed by atoms with Crippen molar-refractivity contribution in [2.75, 3.05) is 34.8 Å². The second kappa shape index (κ2) is 10.4. The lowest BCUT2D eigenvalue weighted by Gasteiger charge is -2.20. The highest BCUT2D eigenvalue weighted by atomic mass is 35.5. The molecular weight excluding hydrogens is 462 g/mol. The summed E-state index contributed by atoms with van der Waals surface area (Å²) in [4.78, 5) is 29.6. The SMILES string of the molecule is O=C(Nc1ccc(OCc2ccc(Cl)cc2)cc1)C1CC(=O)N(c2ccc(N3CCCC3)cc2)C1. The Morgan fingerprint density at radius 1 is 0.914 bits per heavy atom. The summed E-state index contributed by atoms with van der Waals surface area (Å²) in [6.45, 7) is 2.98. The molecule has 2 saturated heterocycles. The van der Waals surface area contributed by atoms with Crippen molar-refractivity contribution in [1.29, 1.82) is 0 Å². The van der Waals surface area contributed by atoms with Crippen molar-refractivity contribution in [2.45, 2.75) is 25.9 Å². The van der Waals surface area contributed by atoms with Gasteiger partial charge in [0, 0.05) is 48.1 Å². The van der Waals surface area contributed by atoms with E-state index in [-0.39, 0.29) is 24.2 Å². The lowest BCUT2D eigenvalue weighted by atomic mass is 10.1. The molecule has 1 unspecified atom stereocenters. The maximum atomic E-state index is 12.8. The summed E-state index contributed by atoms with van der Waals surface area (Å²) in [5.74, 6) is 0.147. The Hall–Kier alpha value is -3.51. The van der Waals surface area contributed by atoms with Gasteiger partial charge in [0.2, 0.25) is 11.8 Å². The first-order valence-corrected chi connectivity index (χ1v) is 12.4. The summed E-state index contributed by atoms with van der Waals surface area (Å²) in [6.07, 6.45) is 2.66. The molecule has 0 saturated carbocycles. The van der Waals surface area contributed by atoms with Crippen LogP contribution in [0.4, 0.5) is 17.1 Å². The van der Waals surface area contributed by atoms with Crippen LogP contribution in [0.15, 0.2) is 72.8 Å². The first-order chi connectivity index (χ1) is 17.0. The zero-order valence-electron chi connectivity index (χ0n) is 19.5. The first kappa shape index (κ1) is 23.2. The quantitative estimate of drug-likeness (QED) is 0.475. The van der Waals surface area contributed by atoms with E-state index in [2.05, 4.69) is 22.3 Å². The molecule has 2 amide bonds. The molecule has 0 aromatic heterocycles. The second-order valence-corrected chi connectivity index (χ2v) is 9.48. The highest BCUT2D eigenvalue weighted by Gasteiger charge is 2.35. The first-order valence-electron chi connectivity index (χ1n) is 12.0. The van der Waals surface area contributed by atoms with Gasteiger partial charge < -0.3 is 19.9 Å². The molecule has 2 aliphatic rings. The standard InChI is InChI=1S/C28H28ClN3O3/c29-22-5-3-20(4-6-22)19-35-26-13-7-23(8-14-26)30-28(34)21-17-27(33)32(18-21)25-11-9-24(10-12-25)31-15-1-2-16-31/h3-14,21H,1-2,15-19H2,(H,30,34). The van der Waals surface area contributed by atoms with Crippen LogP contribution in [-0.2, 0) is 16.2 Å². The molecular formula is C28H28ClN3O3. The Kier molecular flexibility index (Phi) is 6.91. The zero-order chi connectivity index (χ0) is 24.2. The summed E-state index contributed by atoms with van der Waals surface area (Å²) >= 11 is 5.91. The Bertz CT molecular complexity index is 1170. The predicted molar refractivity (Wildman–Crippen MR) is 139 cm³/mol. The summed E-state index contributed by atoms with van der Waals surface area (Å²) in [5, 5.41) is 3.63. The van der Waals surface area contributed by atoms with Crippen molar-refractivity contribution in [3.05, 3.63) is 83.4 Å². The van der Waals surface area contributed by atoms with Gasteiger partial charge in [0.05, 0.1) is 5.92 Å². The summed E-state index contributed by atoms with van der Waals surface area (Å²) in [5.41, 5.74) is 3.73. The Morgan fingerprint density at radius 2 is 1.57 bits per heavy atom. The maximum absolute atomic E-state index is 12.8. The molecule has 35 heavy (non-hydrogen) atoms. The van der Waals surface area contributed by atoms with Crippen LogP contribution in [0.5, 0.6) is 5.75 Å². The minimum Gasteiger partial charge on any atom is -0.489 e. The third-order valence-electron chi connectivity index (χ3n) is 6.57. The number of nitrogens with one attached hydrogen (secondary N) is 1. The number of rotatable bonds is 7. The number of ether oxygens (including phenoxy) is 1. The molecule has 6 nitrogen and oxygen atoms in total. The number of anilines is 3. The number of amides is 2. The number of carbonyl (C=O) groups is 2. The third-order valence-corrected chi connectivity index (χ3v) is 6.82. The van der Waals surface area contributed by atoms with Crippen molar-refractivity contribution in [3.8, 4) is 5.75 Å². The minimum atomic E-state index is -0.387. The molecule has 3 aromatic rings. The third kappa shape index (κ3) is 5.60. The molecule has 3 aromatic carbocycles. The van der Waals surface area contributed by atoms with Gasteiger partial charge in [-0.3, -0.25) is 9.59 Å². The van der Waals surface area contributed by atoms with Gasteiger partial charge in [-0.05, 0) is 79.1 Å². The van der Waals surface area contributed by atoms with Crippen molar-refractivity contribution in [2.24, 2.45) is 5.92 Å². The van der Waals surface area contributed by atoms with Crippen LogP contribution >= 0.6 is 11.6 Å². The molecule has 2 fully saturated rings. The fourth-order valence-electron chi connectivity index (χ4n) is 4.58. The van der Waals surface area contributed by atoms with E-state index in [0.717, 1.165) is 24.3 Å². The fourth-order valence-corrected chi connectivity index (χ4v) is 4.70. The maximum Gasteiger partial charge on any atom is 0.229 e. The molecule has 0 radical (unpaired) electrons. The van der Waals surface area contributed by atoms with E-state index in [1.54, 1.807) is 17.0 Å². The van der Waals surface area contributed by atoms with Crippen molar-refractivity contribution in [1.82, 2.24) is 0 Å². The zero-order valence-corrected chi connectivity index (χ0v) is 20.2. The average molecular weight is 490 g/mol. The smallest absolute Gasteiger partial charge is 0.229 e. The second-order valence-electron chi connectivity index (χ2n) is 9.04. The molecule has 5 rings (SSSR count). The molecule has 1 atom stereocenters. The summed E-state index contributed by atoms with van der Waals surface area (Å²) in [6, 6.07) is 22.9. The molecule has 7 heteroatoms. The average Bonchev–Trinajstić information content (AvgIpc) is 3.55. The van der Waals surface area contributed by atoms with E-state index in [0.29, 0.717) is 29.6 Å². The molecule has 1 N–H and O–H groups in total. The van der Waals surface area contributed by atoms with Crippen molar-refractivity contribution < 1.29 is 14.3 Å². The number of hydrogen-bond acceptors (Lipinski definition) is 4. The minimum absolute atomic E-state index is 0.0231. The highest BCUT2D eigenvalue weighted by molar-refractivity contribution is 6.30.